The Labute approximate surface area is 125 Å². The highest BCUT2D eigenvalue weighted by molar-refractivity contribution is 5.78. The van der Waals surface area contributed by atoms with Gasteiger partial charge in [-0.1, -0.05) is 71.1 Å². The van der Waals surface area contributed by atoms with Crippen LogP contribution in [-0.4, -0.2) is 35.6 Å². The molecule has 1 atom stereocenters. The van der Waals surface area contributed by atoms with E-state index in [0.29, 0.717) is 0 Å². The summed E-state index contributed by atoms with van der Waals surface area (Å²) in [5, 5.41) is 9.30. The zero-order valence-corrected chi connectivity index (χ0v) is 14.1. The van der Waals surface area contributed by atoms with Crippen LogP contribution in [0.1, 0.15) is 84.5 Å². The summed E-state index contributed by atoms with van der Waals surface area (Å²) in [5.74, 6) is -0.710. The van der Waals surface area contributed by atoms with Gasteiger partial charge in [0.25, 0.3) is 0 Å². The molecule has 0 aromatic heterocycles. The number of carbonyl (C=O) groups is 1. The summed E-state index contributed by atoms with van der Waals surface area (Å²) >= 11 is 0. The van der Waals surface area contributed by atoms with Crippen molar-refractivity contribution >= 4 is 5.97 Å². The van der Waals surface area contributed by atoms with Crippen LogP contribution in [0.3, 0.4) is 0 Å². The summed E-state index contributed by atoms with van der Waals surface area (Å²) in [7, 11) is 3.70. The van der Waals surface area contributed by atoms with Crippen molar-refractivity contribution in [1.82, 2.24) is 4.90 Å². The molecule has 0 aliphatic rings. The zero-order chi connectivity index (χ0) is 15.4. The van der Waals surface area contributed by atoms with Gasteiger partial charge in [-0.05, 0) is 27.4 Å². The Morgan fingerprint density at radius 2 is 1.30 bits per heavy atom. The average Bonchev–Trinajstić information content (AvgIpc) is 2.40. The molecular weight excluding hydrogens is 250 g/mol. The molecule has 0 aliphatic heterocycles. The molecule has 0 saturated carbocycles. The van der Waals surface area contributed by atoms with Crippen molar-refractivity contribution in [3.63, 3.8) is 0 Å². The fourth-order valence-corrected chi connectivity index (χ4v) is 2.48. The molecule has 0 aromatic rings. The van der Waals surface area contributed by atoms with Crippen molar-refractivity contribution in [3.05, 3.63) is 0 Å². The molecule has 0 aliphatic carbocycles. The number of carboxylic acid groups (broad SMARTS) is 1. The van der Waals surface area contributed by atoms with Crippen LogP contribution in [-0.2, 0) is 4.79 Å². The first kappa shape index (κ1) is 19.4. The van der Waals surface area contributed by atoms with E-state index in [1.165, 1.54) is 51.4 Å². The first-order valence-corrected chi connectivity index (χ1v) is 8.36. The molecule has 0 spiro atoms. The Kier molecular flexibility index (Phi) is 10.8. The minimum atomic E-state index is -0.710. The second-order valence-corrected chi connectivity index (χ2v) is 6.41. The highest BCUT2D eigenvalue weighted by Gasteiger charge is 2.34. The molecule has 0 bridgehead atoms. The largest absolute Gasteiger partial charge is 0.480 e. The Balaban J connectivity index is 3.54. The first-order valence-electron chi connectivity index (χ1n) is 8.36. The molecular formula is C17H35NO2. The number of unbranched alkanes of at least 4 members (excludes halogenated alkanes) is 9. The van der Waals surface area contributed by atoms with Gasteiger partial charge in [-0.3, -0.25) is 9.69 Å². The summed E-state index contributed by atoms with van der Waals surface area (Å²) in [6.07, 6.45) is 13.6. The molecule has 0 amide bonds. The molecule has 0 fully saturated rings. The molecule has 20 heavy (non-hydrogen) atoms. The minimum absolute atomic E-state index is 0.708. The second-order valence-electron chi connectivity index (χ2n) is 6.41. The van der Waals surface area contributed by atoms with Gasteiger partial charge in [0, 0.05) is 0 Å². The van der Waals surface area contributed by atoms with Crippen LogP contribution in [0.15, 0.2) is 0 Å². The van der Waals surface area contributed by atoms with Gasteiger partial charge in [0.15, 0.2) is 0 Å². The average molecular weight is 285 g/mol. The highest BCUT2D eigenvalue weighted by Crippen LogP contribution is 2.21. The minimum Gasteiger partial charge on any atom is -0.480 e. The van der Waals surface area contributed by atoms with Gasteiger partial charge in [0.05, 0.1) is 0 Å². The Morgan fingerprint density at radius 3 is 1.65 bits per heavy atom. The third kappa shape index (κ3) is 7.88. The van der Waals surface area contributed by atoms with Crippen LogP contribution < -0.4 is 0 Å². The number of likely N-dealkylation sites (N-methyl/N-ethyl adjacent to an activating group) is 1. The summed E-state index contributed by atoms with van der Waals surface area (Å²) in [5.41, 5.74) is -0.708. The molecule has 120 valence electrons. The van der Waals surface area contributed by atoms with Gasteiger partial charge in [0.1, 0.15) is 5.54 Å². The molecule has 0 unspecified atom stereocenters. The van der Waals surface area contributed by atoms with Crippen LogP contribution in [0.5, 0.6) is 0 Å². The van der Waals surface area contributed by atoms with Gasteiger partial charge in [-0.2, -0.15) is 0 Å². The van der Waals surface area contributed by atoms with Crippen LogP contribution >= 0.6 is 0 Å². The molecule has 0 radical (unpaired) electrons. The molecule has 0 aromatic carbocycles. The SMILES string of the molecule is CCCCCCCCCCCC[C@](C)(C(=O)O)N(C)C. The van der Waals surface area contributed by atoms with Gasteiger partial charge < -0.3 is 5.11 Å². The normalized spacial score (nSPS) is 14.4. The van der Waals surface area contributed by atoms with E-state index in [1.807, 2.05) is 25.9 Å². The van der Waals surface area contributed by atoms with E-state index in [9.17, 15) is 9.90 Å². The predicted octanol–water partition coefficient (Wildman–Crippen LogP) is 4.70. The lowest BCUT2D eigenvalue weighted by atomic mass is 9.92. The van der Waals surface area contributed by atoms with E-state index >= 15 is 0 Å². The van der Waals surface area contributed by atoms with Crippen molar-refractivity contribution in [2.24, 2.45) is 0 Å². The highest BCUT2D eigenvalue weighted by atomic mass is 16.4. The molecule has 0 saturated heterocycles. The third-order valence-electron chi connectivity index (χ3n) is 4.46. The fraction of sp³-hybridized carbons (Fsp3) is 0.941. The van der Waals surface area contributed by atoms with E-state index < -0.39 is 11.5 Å². The maximum atomic E-state index is 11.3. The molecule has 3 nitrogen and oxygen atoms in total. The quantitative estimate of drug-likeness (QED) is 0.498. The fourth-order valence-electron chi connectivity index (χ4n) is 2.48. The maximum absolute atomic E-state index is 11.3. The van der Waals surface area contributed by atoms with Crippen LogP contribution in [0.25, 0.3) is 0 Å². The number of aliphatic carboxylic acids is 1. The summed E-state index contributed by atoms with van der Waals surface area (Å²) in [6, 6.07) is 0. The van der Waals surface area contributed by atoms with E-state index in [2.05, 4.69) is 6.92 Å². The summed E-state index contributed by atoms with van der Waals surface area (Å²) in [6.45, 7) is 4.07. The van der Waals surface area contributed by atoms with Crippen molar-refractivity contribution in [2.45, 2.75) is 90.0 Å². The topological polar surface area (TPSA) is 40.5 Å². The first-order chi connectivity index (χ1) is 9.45. The van der Waals surface area contributed by atoms with Gasteiger partial charge >= 0.3 is 5.97 Å². The van der Waals surface area contributed by atoms with Gasteiger partial charge in [-0.25, -0.2) is 0 Å². The van der Waals surface area contributed by atoms with E-state index in [0.717, 1.165) is 19.3 Å². The number of rotatable bonds is 13. The Morgan fingerprint density at radius 1 is 0.900 bits per heavy atom. The lowest BCUT2D eigenvalue weighted by molar-refractivity contribution is -0.149. The van der Waals surface area contributed by atoms with Crippen molar-refractivity contribution in [3.8, 4) is 0 Å². The van der Waals surface area contributed by atoms with E-state index in [4.69, 9.17) is 0 Å². The number of carboxylic acids is 1. The van der Waals surface area contributed by atoms with Crippen molar-refractivity contribution in [2.75, 3.05) is 14.1 Å². The van der Waals surface area contributed by atoms with Gasteiger partial charge in [-0.15, -0.1) is 0 Å². The Hall–Kier alpha value is -0.570. The smallest absolute Gasteiger partial charge is 0.323 e. The predicted molar refractivity (Wildman–Crippen MR) is 86.2 cm³/mol. The van der Waals surface area contributed by atoms with Gasteiger partial charge in [0.2, 0.25) is 0 Å². The number of nitrogens with zero attached hydrogens (tertiary/aromatic N) is 1. The molecule has 3 heteroatoms. The summed E-state index contributed by atoms with van der Waals surface area (Å²) in [4.78, 5) is 13.1. The standard InChI is InChI=1S/C17H35NO2/c1-5-6-7-8-9-10-11-12-13-14-15-17(2,16(19)20)18(3)4/h5-15H2,1-4H3,(H,19,20)/t17-/m1/s1. The zero-order valence-electron chi connectivity index (χ0n) is 14.1. The van der Waals surface area contributed by atoms with Crippen molar-refractivity contribution in [1.29, 1.82) is 0 Å². The second kappa shape index (κ2) is 11.1. The third-order valence-corrected chi connectivity index (χ3v) is 4.46. The Bertz CT molecular complexity index is 253. The molecule has 0 heterocycles. The lowest BCUT2D eigenvalue weighted by Crippen LogP contribution is -2.48. The van der Waals surface area contributed by atoms with Crippen LogP contribution in [0.2, 0.25) is 0 Å². The summed E-state index contributed by atoms with van der Waals surface area (Å²) < 4.78 is 0. The van der Waals surface area contributed by atoms with Crippen molar-refractivity contribution < 1.29 is 9.90 Å². The monoisotopic (exact) mass is 285 g/mol. The lowest BCUT2D eigenvalue weighted by Gasteiger charge is -2.32. The molecule has 1 N–H and O–H groups in total. The van der Waals surface area contributed by atoms with E-state index in [1.54, 1.807) is 0 Å². The molecule has 0 rings (SSSR count). The van der Waals surface area contributed by atoms with E-state index in [-0.39, 0.29) is 0 Å². The number of hydrogen-bond acceptors (Lipinski definition) is 2. The van der Waals surface area contributed by atoms with Crippen LogP contribution in [0, 0.1) is 0 Å². The maximum Gasteiger partial charge on any atom is 0.323 e. The van der Waals surface area contributed by atoms with Crippen LogP contribution in [0.4, 0.5) is 0 Å². The number of hydrogen-bond donors (Lipinski definition) is 1.